The number of hydrazone groups is 1. The van der Waals surface area contributed by atoms with Crippen LogP contribution in [0.2, 0.25) is 0 Å². The van der Waals surface area contributed by atoms with Gasteiger partial charge in [-0.3, -0.25) is 0 Å². The Morgan fingerprint density at radius 1 is 1.04 bits per heavy atom. The van der Waals surface area contributed by atoms with Gasteiger partial charge in [0.05, 0.1) is 16.3 Å². The molecule has 1 atom stereocenters. The summed E-state index contributed by atoms with van der Waals surface area (Å²) in [6.07, 6.45) is 1.69. The Hall–Kier alpha value is -2.60. The summed E-state index contributed by atoms with van der Waals surface area (Å²) < 4.78 is 25.2. The number of H-pyrrole nitrogens is 1. The molecule has 1 unspecified atom stereocenters. The summed E-state index contributed by atoms with van der Waals surface area (Å²) in [6, 6.07) is 11.1. The number of hydrogen-bond donors (Lipinski definition) is 2. The lowest BCUT2D eigenvalue weighted by atomic mass is 9.86. The molecule has 0 saturated heterocycles. The van der Waals surface area contributed by atoms with Gasteiger partial charge in [-0.1, -0.05) is 36.2 Å². The Balaban J connectivity index is 1.75. The van der Waals surface area contributed by atoms with Gasteiger partial charge in [0.25, 0.3) is 10.0 Å². The summed E-state index contributed by atoms with van der Waals surface area (Å²) in [5.41, 5.74) is 7.48. The molecule has 2 aromatic carbocycles. The molecule has 6 heteroatoms. The first-order valence-corrected chi connectivity index (χ1v) is 11.0. The van der Waals surface area contributed by atoms with Gasteiger partial charge in [0.15, 0.2) is 0 Å². The number of sulfonamides is 1. The Labute approximate surface area is 165 Å². The predicted molar refractivity (Wildman–Crippen MR) is 113 cm³/mol. The zero-order valence-electron chi connectivity index (χ0n) is 16.6. The molecule has 1 aliphatic carbocycles. The summed E-state index contributed by atoms with van der Waals surface area (Å²) in [5.74, 6) is 0.398. The Kier molecular flexibility index (Phi) is 4.54. The number of nitrogens with one attached hydrogen (secondary N) is 2. The second-order valence-corrected chi connectivity index (χ2v) is 9.62. The van der Waals surface area contributed by atoms with E-state index in [2.05, 4.69) is 47.8 Å². The van der Waals surface area contributed by atoms with E-state index in [1.54, 1.807) is 24.3 Å². The van der Waals surface area contributed by atoms with E-state index in [4.69, 9.17) is 0 Å². The normalized spacial score (nSPS) is 18.4. The molecule has 1 aromatic heterocycles. The number of hydrogen-bond acceptors (Lipinski definition) is 3. The standard InChI is InChI=1S/C22H25N3O2S/c1-13-5-7-17(8-6-13)28(26,27)25-24-20-12-15(3)11-19-18-10-14(2)9-16(4)21(18)23-22(19)20/h5-10,15,23,25H,11-12H2,1-4H3/b24-20-. The zero-order chi connectivity index (χ0) is 20.1. The summed E-state index contributed by atoms with van der Waals surface area (Å²) in [7, 11) is -3.69. The molecule has 5 nitrogen and oxygen atoms in total. The van der Waals surface area contributed by atoms with Gasteiger partial charge in [-0.05, 0) is 68.9 Å². The molecule has 0 saturated carbocycles. The average molecular weight is 396 g/mol. The van der Waals surface area contributed by atoms with Crippen molar-refractivity contribution in [2.24, 2.45) is 11.0 Å². The van der Waals surface area contributed by atoms with Crippen LogP contribution in [0.3, 0.4) is 0 Å². The van der Waals surface area contributed by atoms with Crippen LogP contribution in [-0.4, -0.2) is 19.1 Å². The van der Waals surface area contributed by atoms with Crippen LogP contribution in [0.4, 0.5) is 0 Å². The van der Waals surface area contributed by atoms with Gasteiger partial charge >= 0.3 is 0 Å². The first-order chi connectivity index (χ1) is 13.2. The van der Waals surface area contributed by atoms with Crippen molar-refractivity contribution in [2.75, 3.05) is 0 Å². The number of rotatable bonds is 3. The highest BCUT2D eigenvalue weighted by molar-refractivity contribution is 7.89. The number of nitrogens with zero attached hydrogens (tertiary/aromatic N) is 1. The molecule has 146 valence electrons. The van der Waals surface area contributed by atoms with Crippen molar-refractivity contribution in [3.05, 3.63) is 64.3 Å². The lowest BCUT2D eigenvalue weighted by Gasteiger charge is -2.20. The number of aryl methyl sites for hydroxylation is 3. The molecule has 1 heterocycles. The number of fused-ring (bicyclic) bond motifs is 3. The minimum Gasteiger partial charge on any atom is -0.353 e. The van der Waals surface area contributed by atoms with Crippen molar-refractivity contribution < 1.29 is 8.42 Å². The molecule has 0 aliphatic heterocycles. The van der Waals surface area contributed by atoms with E-state index in [0.29, 0.717) is 5.92 Å². The Bertz CT molecular complexity index is 1190. The fourth-order valence-corrected chi connectivity index (χ4v) is 4.83. The molecule has 0 spiro atoms. The minimum absolute atomic E-state index is 0.217. The number of benzene rings is 2. The summed E-state index contributed by atoms with van der Waals surface area (Å²) in [6.45, 7) is 8.30. The predicted octanol–water partition coefficient (Wildman–Crippen LogP) is 4.36. The maximum atomic E-state index is 12.6. The quantitative estimate of drug-likeness (QED) is 0.647. The van der Waals surface area contributed by atoms with Crippen LogP contribution in [0.5, 0.6) is 0 Å². The van der Waals surface area contributed by atoms with Crippen molar-refractivity contribution in [3.63, 3.8) is 0 Å². The van der Waals surface area contributed by atoms with E-state index in [1.165, 1.54) is 22.1 Å². The lowest BCUT2D eigenvalue weighted by molar-refractivity contribution is 0.578. The van der Waals surface area contributed by atoms with Crippen LogP contribution in [0.25, 0.3) is 10.9 Å². The monoisotopic (exact) mass is 395 g/mol. The van der Waals surface area contributed by atoms with Gasteiger partial charge in [-0.15, -0.1) is 0 Å². The van der Waals surface area contributed by atoms with Gasteiger partial charge in [-0.2, -0.15) is 18.4 Å². The molecule has 3 aromatic rings. The fourth-order valence-electron chi connectivity index (χ4n) is 4.00. The number of aromatic nitrogens is 1. The van der Waals surface area contributed by atoms with E-state index in [9.17, 15) is 8.42 Å². The van der Waals surface area contributed by atoms with Crippen molar-refractivity contribution >= 4 is 26.6 Å². The Morgan fingerprint density at radius 2 is 1.75 bits per heavy atom. The van der Waals surface area contributed by atoms with E-state index in [1.807, 2.05) is 6.92 Å². The third kappa shape index (κ3) is 3.33. The highest BCUT2D eigenvalue weighted by Gasteiger charge is 2.26. The van der Waals surface area contributed by atoms with E-state index >= 15 is 0 Å². The molecule has 0 bridgehead atoms. The summed E-state index contributed by atoms with van der Waals surface area (Å²) >= 11 is 0. The molecular formula is C22H25N3O2S. The van der Waals surface area contributed by atoms with Gasteiger partial charge < -0.3 is 4.98 Å². The van der Waals surface area contributed by atoms with E-state index < -0.39 is 10.0 Å². The lowest BCUT2D eigenvalue weighted by Crippen LogP contribution is -2.24. The van der Waals surface area contributed by atoms with Crippen molar-refractivity contribution in [2.45, 2.75) is 45.4 Å². The number of aromatic amines is 1. The topological polar surface area (TPSA) is 74.3 Å². The smallest absolute Gasteiger partial charge is 0.276 e. The van der Waals surface area contributed by atoms with E-state index in [0.717, 1.165) is 35.3 Å². The SMILES string of the molecule is Cc1ccc(S(=O)(=O)N/N=C2/CC(C)Cc3c2[nH]c2c(C)cc(C)cc32)cc1. The van der Waals surface area contributed by atoms with Crippen LogP contribution in [-0.2, 0) is 16.4 Å². The molecule has 1 aliphatic rings. The van der Waals surface area contributed by atoms with Crippen molar-refractivity contribution in [1.82, 2.24) is 9.82 Å². The maximum Gasteiger partial charge on any atom is 0.276 e. The van der Waals surface area contributed by atoms with Crippen molar-refractivity contribution in [1.29, 1.82) is 0 Å². The fraction of sp³-hybridized carbons (Fsp3) is 0.318. The largest absolute Gasteiger partial charge is 0.353 e. The van der Waals surface area contributed by atoms with E-state index in [-0.39, 0.29) is 4.90 Å². The third-order valence-electron chi connectivity index (χ3n) is 5.37. The Morgan fingerprint density at radius 3 is 2.46 bits per heavy atom. The second-order valence-electron chi connectivity index (χ2n) is 7.96. The average Bonchev–Trinajstić information content (AvgIpc) is 2.99. The molecule has 0 amide bonds. The van der Waals surface area contributed by atoms with Crippen LogP contribution in [0.1, 0.15) is 41.3 Å². The van der Waals surface area contributed by atoms with Gasteiger partial charge in [0.2, 0.25) is 0 Å². The van der Waals surface area contributed by atoms with Crippen molar-refractivity contribution in [3.8, 4) is 0 Å². The van der Waals surface area contributed by atoms with Crippen LogP contribution < -0.4 is 4.83 Å². The summed E-state index contributed by atoms with van der Waals surface area (Å²) in [5, 5.41) is 5.56. The highest BCUT2D eigenvalue weighted by Crippen LogP contribution is 2.34. The molecule has 0 radical (unpaired) electrons. The minimum atomic E-state index is -3.69. The molecule has 0 fully saturated rings. The summed E-state index contributed by atoms with van der Waals surface area (Å²) in [4.78, 5) is 6.15. The second kappa shape index (κ2) is 6.78. The molecule has 4 rings (SSSR count). The first-order valence-electron chi connectivity index (χ1n) is 9.52. The first kappa shape index (κ1) is 18.7. The van der Waals surface area contributed by atoms with Crippen LogP contribution in [0.15, 0.2) is 46.4 Å². The third-order valence-corrected chi connectivity index (χ3v) is 6.60. The highest BCUT2D eigenvalue weighted by atomic mass is 32.2. The van der Waals surface area contributed by atoms with Crippen LogP contribution >= 0.6 is 0 Å². The molecule has 2 N–H and O–H groups in total. The van der Waals surface area contributed by atoms with Crippen LogP contribution in [0, 0.1) is 26.7 Å². The molecular weight excluding hydrogens is 370 g/mol. The van der Waals surface area contributed by atoms with Gasteiger partial charge in [-0.25, -0.2) is 0 Å². The van der Waals surface area contributed by atoms with Gasteiger partial charge in [0, 0.05) is 10.9 Å². The zero-order valence-corrected chi connectivity index (χ0v) is 17.4. The van der Waals surface area contributed by atoms with Gasteiger partial charge in [0.1, 0.15) is 0 Å². The maximum absolute atomic E-state index is 12.6. The molecule has 28 heavy (non-hydrogen) atoms.